The Morgan fingerprint density at radius 1 is 0.913 bits per heavy atom. The van der Waals surface area contributed by atoms with Gasteiger partial charge in [-0.1, -0.05) is 37.6 Å². The fourth-order valence-corrected chi connectivity index (χ4v) is 6.73. The smallest absolute Gasteiger partial charge is 0.235 e. The topological polar surface area (TPSA) is 114 Å². The number of carbonyl (C=O) groups excluding carboxylic acids is 3. The average molecular weight is 694 g/mol. The van der Waals surface area contributed by atoms with Crippen molar-refractivity contribution in [2.45, 2.75) is 79.2 Å². The number of anilines is 2. The van der Waals surface area contributed by atoms with Crippen LogP contribution in [0.25, 0.3) is 0 Å². The predicted octanol–water partition coefficient (Wildman–Crippen LogP) is 7.58. The summed E-state index contributed by atoms with van der Waals surface area (Å²) >= 11 is 3.63. The van der Waals surface area contributed by atoms with Gasteiger partial charge in [0.15, 0.2) is 11.5 Å². The summed E-state index contributed by atoms with van der Waals surface area (Å²) in [6, 6.07) is 14.9. The largest absolute Gasteiger partial charge is 0.490 e. The van der Waals surface area contributed by atoms with Gasteiger partial charge in [0.1, 0.15) is 11.7 Å². The zero-order valence-corrected chi connectivity index (χ0v) is 29.3. The second-order valence-electron chi connectivity index (χ2n) is 12.6. The second-order valence-corrected chi connectivity index (χ2v) is 13.4. The number of carbonyl (C=O) groups is 3. The molecule has 4 atom stereocenters. The Bertz CT molecular complexity index is 1620. The average Bonchev–Trinajstić information content (AvgIpc) is 2.97. The molecule has 2 amide bonds. The molecule has 0 aromatic heterocycles. The minimum absolute atomic E-state index is 0.342. The maximum atomic E-state index is 14.3. The van der Waals surface area contributed by atoms with Crippen molar-refractivity contribution >= 4 is 44.9 Å². The molecule has 3 aromatic carbocycles. The summed E-state index contributed by atoms with van der Waals surface area (Å²) in [5.41, 5.74) is 3.52. The molecule has 246 valence electrons. The van der Waals surface area contributed by atoms with Crippen LogP contribution in [-0.4, -0.2) is 41.5 Å². The molecule has 0 bridgehead atoms. The predicted molar refractivity (Wildman–Crippen MR) is 185 cm³/mol. The van der Waals surface area contributed by atoms with Crippen LogP contribution in [0.3, 0.4) is 0 Å². The molecular weight excluding hydrogens is 648 g/mol. The standard InChI is InChI=1S/C37H45BrN2O6/c1-8-10-15-46-34-26(38)18-25(19-30(34)45-9-2)31-32(35(42)39-27-16-21(3)11-13-23(27)5)29(41)20-37(7,44)33(31)36(43)40-28-17-22(4)12-14-24(28)6/h11-14,16-19,31-33,44H,8-10,15,20H2,1-7H3,(H,39,42)(H,40,43). The summed E-state index contributed by atoms with van der Waals surface area (Å²) in [6.07, 6.45) is 1.44. The first kappa shape index (κ1) is 35.2. The Hall–Kier alpha value is -3.69. The quantitative estimate of drug-likeness (QED) is 0.141. The van der Waals surface area contributed by atoms with E-state index in [1.54, 1.807) is 12.1 Å². The number of hydrogen-bond donors (Lipinski definition) is 3. The molecule has 8 nitrogen and oxygen atoms in total. The summed E-state index contributed by atoms with van der Waals surface area (Å²) in [5, 5.41) is 17.8. The highest BCUT2D eigenvalue weighted by Gasteiger charge is 2.56. The molecule has 1 fully saturated rings. The van der Waals surface area contributed by atoms with Crippen molar-refractivity contribution < 1.29 is 29.0 Å². The molecule has 4 rings (SSSR count). The van der Waals surface area contributed by atoms with Crippen LogP contribution >= 0.6 is 15.9 Å². The van der Waals surface area contributed by atoms with E-state index in [0.717, 1.165) is 35.1 Å². The van der Waals surface area contributed by atoms with Crippen LogP contribution in [0.15, 0.2) is 53.0 Å². The van der Waals surface area contributed by atoms with Crippen molar-refractivity contribution in [3.8, 4) is 11.5 Å². The summed E-state index contributed by atoms with van der Waals surface area (Å²) in [7, 11) is 0. The summed E-state index contributed by atoms with van der Waals surface area (Å²) in [6.45, 7) is 13.9. The van der Waals surface area contributed by atoms with Gasteiger partial charge in [0.2, 0.25) is 11.8 Å². The molecule has 9 heteroatoms. The first-order valence-corrected chi connectivity index (χ1v) is 16.7. The van der Waals surface area contributed by atoms with Crippen LogP contribution in [0, 0.1) is 39.5 Å². The van der Waals surface area contributed by atoms with Gasteiger partial charge in [-0.25, -0.2) is 0 Å². The van der Waals surface area contributed by atoms with Crippen LogP contribution in [0.1, 0.15) is 73.8 Å². The van der Waals surface area contributed by atoms with E-state index >= 15 is 0 Å². The number of halogens is 1. The monoisotopic (exact) mass is 692 g/mol. The van der Waals surface area contributed by atoms with E-state index in [0.29, 0.717) is 46.1 Å². The third-order valence-corrected chi connectivity index (χ3v) is 9.18. The van der Waals surface area contributed by atoms with Crippen LogP contribution in [0.5, 0.6) is 11.5 Å². The number of ketones is 1. The van der Waals surface area contributed by atoms with Crippen molar-refractivity contribution in [1.29, 1.82) is 0 Å². The Kier molecular flexibility index (Phi) is 11.3. The molecule has 1 aliphatic carbocycles. The Balaban J connectivity index is 1.88. The number of ether oxygens (including phenoxy) is 2. The molecule has 0 radical (unpaired) electrons. The van der Waals surface area contributed by atoms with E-state index in [-0.39, 0.29) is 6.42 Å². The number of unbranched alkanes of at least 4 members (excludes halogenated alkanes) is 1. The molecule has 4 unspecified atom stereocenters. The Labute approximate surface area is 280 Å². The normalized spacial score (nSPS) is 21.1. The highest BCUT2D eigenvalue weighted by Crippen LogP contribution is 2.49. The maximum Gasteiger partial charge on any atom is 0.235 e. The lowest BCUT2D eigenvalue weighted by Gasteiger charge is -2.44. The van der Waals surface area contributed by atoms with Gasteiger partial charge in [-0.2, -0.15) is 0 Å². The van der Waals surface area contributed by atoms with Gasteiger partial charge in [-0.15, -0.1) is 0 Å². The summed E-state index contributed by atoms with van der Waals surface area (Å²) in [4.78, 5) is 42.4. The number of rotatable bonds is 11. The summed E-state index contributed by atoms with van der Waals surface area (Å²) < 4.78 is 12.6. The van der Waals surface area contributed by atoms with E-state index in [1.165, 1.54) is 6.92 Å². The van der Waals surface area contributed by atoms with Crippen molar-refractivity contribution in [3.05, 3.63) is 80.8 Å². The molecule has 0 aliphatic heterocycles. The van der Waals surface area contributed by atoms with E-state index < -0.39 is 41.0 Å². The third kappa shape index (κ3) is 7.81. The van der Waals surface area contributed by atoms with Crippen molar-refractivity contribution in [2.75, 3.05) is 23.8 Å². The van der Waals surface area contributed by atoms with Crippen LogP contribution in [-0.2, 0) is 14.4 Å². The lowest BCUT2D eigenvalue weighted by Crippen LogP contribution is -2.56. The molecule has 3 aromatic rings. The molecule has 0 heterocycles. The lowest BCUT2D eigenvalue weighted by atomic mass is 9.61. The number of hydrogen-bond acceptors (Lipinski definition) is 6. The van der Waals surface area contributed by atoms with Crippen molar-refractivity contribution in [2.24, 2.45) is 11.8 Å². The van der Waals surface area contributed by atoms with Gasteiger partial charge >= 0.3 is 0 Å². The Morgan fingerprint density at radius 3 is 2.07 bits per heavy atom. The number of aliphatic hydroxyl groups is 1. The molecule has 46 heavy (non-hydrogen) atoms. The third-order valence-electron chi connectivity index (χ3n) is 8.59. The van der Waals surface area contributed by atoms with E-state index in [2.05, 4.69) is 33.5 Å². The zero-order chi connectivity index (χ0) is 33.8. The maximum absolute atomic E-state index is 14.3. The van der Waals surface area contributed by atoms with Gasteiger partial charge in [-0.05, 0) is 116 Å². The second kappa shape index (κ2) is 14.8. The molecule has 1 saturated carbocycles. The van der Waals surface area contributed by atoms with Gasteiger partial charge in [0, 0.05) is 23.7 Å². The fraction of sp³-hybridized carbons (Fsp3) is 0.432. The highest BCUT2D eigenvalue weighted by molar-refractivity contribution is 9.10. The Morgan fingerprint density at radius 2 is 1.50 bits per heavy atom. The van der Waals surface area contributed by atoms with Gasteiger partial charge < -0.3 is 25.2 Å². The number of aryl methyl sites for hydroxylation is 4. The first-order valence-electron chi connectivity index (χ1n) is 15.9. The van der Waals surface area contributed by atoms with Crippen molar-refractivity contribution in [1.82, 2.24) is 0 Å². The number of amides is 2. The van der Waals surface area contributed by atoms with Gasteiger partial charge in [-0.3, -0.25) is 14.4 Å². The molecule has 1 aliphatic rings. The van der Waals surface area contributed by atoms with Crippen LogP contribution < -0.4 is 20.1 Å². The van der Waals surface area contributed by atoms with Gasteiger partial charge in [0.25, 0.3) is 0 Å². The molecular formula is C37H45BrN2O6. The first-order chi connectivity index (χ1) is 21.8. The molecule has 0 saturated heterocycles. The lowest BCUT2D eigenvalue weighted by molar-refractivity contribution is -0.150. The number of nitrogens with one attached hydrogen (secondary N) is 2. The van der Waals surface area contributed by atoms with E-state index in [1.807, 2.05) is 71.0 Å². The number of benzene rings is 3. The van der Waals surface area contributed by atoms with E-state index in [4.69, 9.17) is 9.47 Å². The summed E-state index contributed by atoms with van der Waals surface area (Å²) in [5.74, 6) is -4.05. The fourth-order valence-electron chi connectivity index (χ4n) is 6.16. The highest BCUT2D eigenvalue weighted by atomic mass is 79.9. The van der Waals surface area contributed by atoms with Crippen molar-refractivity contribution in [3.63, 3.8) is 0 Å². The molecule has 3 N–H and O–H groups in total. The van der Waals surface area contributed by atoms with Crippen LogP contribution in [0.4, 0.5) is 11.4 Å². The number of Topliss-reactive ketones (excluding diaryl/α,β-unsaturated/α-hetero) is 1. The minimum atomic E-state index is -1.76. The zero-order valence-electron chi connectivity index (χ0n) is 27.8. The van der Waals surface area contributed by atoms with Gasteiger partial charge in [0.05, 0.1) is 29.2 Å². The van der Waals surface area contributed by atoms with E-state index in [9.17, 15) is 19.5 Å². The SMILES string of the molecule is CCCCOc1c(Br)cc(C2C(C(=O)Nc3cc(C)ccc3C)C(=O)CC(C)(O)C2C(=O)Nc2cc(C)ccc2C)cc1OCC. The molecule has 0 spiro atoms. The minimum Gasteiger partial charge on any atom is -0.490 e. The van der Waals surface area contributed by atoms with Crippen LogP contribution in [0.2, 0.25) is 0 Å².